The second kappa shape index (κ2) is 6.17. The van der Waals surface area contributed by atoms with E-state index in [1.165, 1.54) is 18.4 Å². The van der Waals surface area contributed by atoms with Crippen molar-refractivity contribution in [1.82, 2.24) is 10.2 Å². The van der Waals surface area contributed by atoms with Gasteiger partial charge in [0, 0.05) is 13.1 Å². The normalized spacial score (nSPS) is 16.6. The van der Waals surface area contributed by atoms with Gasteiger partial charge < -0.3 is 16.0 Å². The Kier molecular flexibility index (Phi) is 4.56. The van der Waals surface area contributed by atoms with E-state index in [4.69, 9.17) is 5.73 Å². The Morgan fingerprint density at radius 1 is 1.47 bits per heavy atom. The summed E-state index contributed by atoms with van der Waals surface area (Å²) in [6.07, 6.45) is 2.53. The first kappa shape index (κ1) is 14.0. The molecule has 0 bridgehead atoms. The van der Waals surface area contributed by atoms with Crippen LogP contribution in [0, 0.1) is 0 Å². The Morgan fingerprint density at radius 3 is 2.79 bits per heavy atom. The van der Waals surface area contributed by atoms with E-state index in [-0.39, 0.29) is 5.91 Å². The first-order valence-corrected chi connectivity index (χ1v) is 6.85. The molecule has 0 aliphatic heterocycles. The molecule has 1 aliphatic carbocycles. The first-order valence-electron chi connectivity index (χ1n) is 6.85. The Morgan fingerprint density at radius 2 is 2.21 bits per heavy atom. The standard InChI is InChI=1S/C15H23N3O/c1-18(2)9-8-17-14(15(16)19)13-5-3-4-12(10-13)11-6-7-11/h3-5,10-11,14,17H,6-9H2,1-2H3,(H2,16,19). The molecule has 1 atom stereocenters. The fraction of sp³-hybridized carbons (Fsp3) is 0.533. The van der Waals surface area contributed by atoms with Crippen LogP contribution in [0.2, 0.25) is 0 Å². The number of nitrogens with two attached hydrogens (primary N) is 1. The zero-order chi connectivity index (χ0) is 13.8. The minimum Gasteiger partial charge on any atom is -0.368 e. The van der Waals surface area contributed by atoms with Gasteiger partial charge in [-0.05, 0) is 44.0 Å². The van der Waals surface area contributed by atoms with Crippen molar-refractivity contribution in [3.05, 3.63) is 35.4 Å². The van der Waals surface area contributed by atoms with Gasteiger partial charge in [-0.15, -0.1) is 0 Å². The second-order valence-electron chi connectivity index (χ2n) is 5.54. The summed E-state index contributed by atoms with van der Waals surface area (Å²) >= 11 is 0. The maximum atomic E-state index is 11.6. The molecule has 19 heavy (non-hydrogen) atoms. The third-order valence-electron chi connectivity index (χ3n) is 3.48. The Bertz CT molecular complexity index is 441. The van der Waals surface area contributed by atoms with Gasteiger partial charge >= 0.3 is 0 Å². The highest BCUT2D eigenvalue weighted by molar-refractivity contribution is 5.81. The maximum Gasteiger partial charge on any atom is 0.239 e. The lowest BCUT2D eigenvalue weighted by atomic mass is 10.0. The molecule has 1 amide bonds. The Hall–Kier alpha value is -1.39. The Balaban J connectivity index is 2.05. The summed E-state index contributed by atoms with van der Waals surface area (Å²) in [6, 6.07) is 7.87. The van der Waals surface area contributed by atoms with Crippen molar-refractivity contribution in [1.29, 1.82) is 0 Å². The molecule has 1 saturated carbocycles. The van der Waals surface area contributed by atoms with Crippen LogP contribution in [0.1, 0.15) is 35.9 Å². The van der Waals surface area contributed by atoms with E-state index in [2.05, 4.69) is 22.3 Å². The number of hydrogen-bond donors (Lipinski definition) is 2. The van der Waals surface area contributed by atoms with E-state index in [0.29, 0.717) is 5.92 Å². The quantitative estimate of drug-likeness (QED) is 0.776. The number of hydrogen-bond acceptors (Lipinski definition) is 3. The van der Waals surface area contributed by atoms with Crippen LogP contribution < -0.4 is 11.1 Å². The van der Waals surface area contributed by atoms with Gasteiger partial charge in [-0.1, -0.05) is 24.3 Å². The molecule has 1 aromatic carbocycles. The van der Waals surface area contributed by atoms with Gasteiger partial charge in [0.25, 0.3) is 0 Å². The Labute approximate surface area is 115 Å². The highest BCUT2D eigenvalue weighted by atomic mass is 16.1. The fourth-order valence-corrected chi connectivity index (χ4v) is 2.22. The molecule has 0 aromatic heterocycles. The van der Waals surface area contributed by atoms with Crippen molar-refractivity contribution in [3.8, 4) is 0 Å². The lowest BCUT2D eigenvalue weighted by Gasteiger charge is -2.18. The molecule has 1 aliphatic rings. The monoisotopic (exact) mass is 261 g/mol. The second-order valence-corrected chi connectivity index (χ2v) is 5.54. The predicted octanol–water partition coefficient (Wildman–Crippen LogP) is 1.24. The van der Waals surface area contributed by atoms with Crippen LogP contribution in [-0.2, 0) is 4.79 Å². The molecule has 1 unspecified atom stereocenters. The topological polar surface area (TPSA) is 58.4 Å². The number of carbonyl (C=O) groups excluding carboxylic acids is 1. The number of likely N-dealkylation sites (N-methyl/N-ethyl adjacent to an activating group) is 1. The van der Waals surface area contributed by atoms with E-state index < -0.39 is 6.04 Å². The summed E-state index contributed by atoms with van der Waals surface area (Å²) < 4.78 is 0. The van der Waals surface area contributed by atoms with Crippen molar-refractivity contribution in [2.24, 2.45) is 5.73 Å². The van der Waals surface area contributed by atoms with E-state index in [1.807, 2.05) is 26.2 Å². The first-order chi connectivity index (χ1) is 9.08. The summed E-state index contributed by atoms with van der Waals surface area (Å²) in [5.41, 5.74) is 7.83. The van der Waals surface area contributed by atoms with Gasteiger partial charge in [-0.2, -0.15) is 0 Å². The zero-order valence-corrected chi connectivity index (χ0v) is 11.7. The molecule has 4 nitrogen and oxygen atoms in total. The van der Waals surface area contributed by atoms with Crippen LogP contribution in [-0.4, -0.2) is 38.0 Å². The van der Waals surface area contributed by atoms with Crippen LogP contribution in [0.25, 0.3) is 0 Å². The molecule has 3 N–H and O–H groups in total. The molecule has 2 rings (SSSR count). The van der Waals surface area contributed by atoms with Crippen molar-refractivity contribution >= 4 is 5.91 Å². The van der Waals surface area contributed by atoms with Crippen LogP contribution in [0.4, 0.5) is 0 Å². The summed E-state index contributed by atoms with van der Waals surface area (Å²) in [4.78, 5) is 13.7. The van der Waals surface area contributed by atoms with E-state index in [9.17, 15) is 4.79 Å². The van der Waals surface area contributed by atoms with Gasteiger partial charge in [0.15, 0.2) is 0 Å². The molecule has 0 spiro atoms. The molecule has 4 heteroatoms. The SMILES string of the molecule is CN(C)CCNC(C(N)=O)c1cccc(C2CC2)c1. The highest BCUT2D eigenvalue weighted by Crippen LogP contribution is 2.40. The fourth-order valence-electron chi connectivity index (χ4n) is 2.22. The lowest BCUT2D eigenvalue weighted by Crippen LogP contribution is -2.37. The minimum atomic E-state index is -0.390. The number of carbonyl (C=O) groups is 1. The lowest BCUT2D eigenvalue weighted by molar-refractivity contribution is -0.120. The number of primary amides is 1. The largest absolute Gasteiger partial charge is 0.368 e. The van der Waals surface area contributed by atoms with Crippen molar-refractivity contribution in [2.45, 2.75) is 24.8 Å². The van der Waals surface area contributed by atoms with E-state index >= 15 is 0 Å². The number of benzene rings is 1. The van der Waals surface area contributed by atoms with Gasteiger partial charge in [0.2, 0.25) is 5.91 Å². The average Bonchev–Trinajstić information content (AvgIpc) is 3.18. The van der Waals surface area contributed by atoms with E-state index in [1.54, 1.807) is 0 Å². The van der Waals surface area contributed by atoms with Crippen LogP contribution in [0.15, 0.2) is 24.3 Å². The van der Waals surface area contributed by atoms with Gasteiger partial charge in [-0.3, -0.25) is 4.79 Å². The zero-order valence-electron chi connectivity index (χ0n) is 11.7. The van der Waals surface area contributed by atoms with Crippen molar-refractivity contribution < 1.29 is 4.79 Å². The molecule has 0 heterocycles. The van der Waals surface area contributed by atoms with E-state index in [0.717, 1.165) is 18.7 Å². The molecule has 0 radical (unpaired) electrons. The smallest absolute Gasteiger partial charge is 0.239 e. The van der Waals surface area contributed by atoms with Gasteiger partial charge in [0.1, 0.15) is 6.04 Å². The highest BCUT2D eigenvalue weighted by Gasteiger charge is 2.25. The summed E-state index contributed by atoms with van der Waals surface area (Å²) in [5.74, 6) is 0.377. The molecule has 1 aromatic rings. The van der Waals surface area contributed by atoms with Crippen LogP contribution in [0.5, 0.6) is 0 Å². The molecule has 104 valence electrons. The summed E-state index contributed by atoms with van der Waals surface area (Å²) in [5, 5.41) is 3.24. The van der Waals surface area contributed by atoms with Gasteiger partial charge in [-0.25, -0.2) is 0 Å². The molecule has 1 fully saturated rings. The van der Waals surface area contributed by atoms with Crippen LogP contribution in [0.3, 0.4) is 0 Å². The molecular formula is C15H23N3O. The van der Waals surface area contributed by atoms with Crippen molar-refractivity contribution in [2.75, 3.05) is 27.2 Å². The number of rotatable bonds is 7. The predicted molar refractivity (Wildman–Crippen MR) is 76.9 cm³/mol. The number of amides is 1. The van der Waals surface area contributed by atoms with Crippen LogP contribution >= 0.6 is 0 Å². The van der Waals surface area contributed by atoms with Gasteiger partial charge in [0.05, 0.1) is 0 Å². The van der Waals surface area contributed by atoms with Crippen molar-refractivity contribution in [3.63, 3.8) is 0 Å². The minimum absolute atomic E-state index is 0.313. The third kappa shape index (κ3) is 4.04. The summed E-state index contributed by atoms with van der Waals surface area (Å²) in [7, 11) is 4.02. The number of nitrogens with zero attached hydrogens (tertiary/aromatic N) is 1. The molecule has 0 saturated heterocycles. The number of nitrogens with one attached hydrogen (secondary N) is 1. The summed E-state index contributed by atoms with van der Waals surface area (Å²) in [6.45, 7) is 1.63. The third-order valence-corrected chi connectivity index (χ3v) is 3.48. The average molecular weight is 261 g/mol. The molecular weight excluding hydrogens is 238 g/mol. The maximum absolute atomic E-state index is 11.6.